The fraction of sp³-hybridized carbons (Fsp3) is 0.467. The number of aromatic amines is 1. The van der Waals surface area contributed by atoms with Crippen LogP contribution in [0.25, 0.3) is 5.69 Å². The van der Waals surface area contributed by atoms with Crippen molar-refractivity contribution in [2.24, 2.45) is 0 Å². The Morgan fingerprint density at radius 2 is 1.85 bits per heavy atom. The molecule has 1 aromatic carbocycles. The summed E-state index contributed by atoms with van der Waals surface area (Å²) in [5.41, 5.74) is 1.88. The van der Waals surface area contributed by atoms with E-state index >= 15 is 0 Å². The van der Waals surface area contributed by atoms with Crippen LogP contribution in [0.5, 0.6) is 0 Å². The van der Waals surface area contributed by atoms with Gasteiger partial charge in [0.25, 0.3) is 0 Å². The van der Waals surface area contributed by atoms with E-state index in [1.807, 2.05) is 31.2 Å². The molecule has 1 N–H and O–H groups in total. The minimum atomic E-state index is -0.171. The number of aryl methyl sites for hydroxylation is 1. The molecule has 2 heterocycles. The van der Waals surface area contributed by atoms with E-state index in [-0.39, 0.29) is 11.7 Å². The van der Waals surface area contributed by atoms with Crippen molar-refractivity contribution in [1.29, 1.82) is 0 Å². The van der Waals surface area contributed by atoms with Crippen molar-refractivity contribution in [3.63, 3.8) is 0 Å². The summed E-state index contributed by atoms with van der Waals surface area (Å²) in [5, 5.41) is 6.83. The van der Waals surface area contributed by atoms with E-state index in [1.165, 1.54) is 18.4 Å². The fourth-order valence-corrected chi connectivity index (χ4v) is 2.82. The van der Waals surface area contributed by atoms with Gasteiger partial charge in [-0.25, -0.2) is 14.5 Å². The van der Waals surface area contributed by atoms with Gasteiger partial charge < -0.3 is 0 Å². The maximum Gasteiger partial charge on any atom is 0.347 e. The van der Waals surface area contributed by atoms with Gasteiger partial charge >= 0.3 is 5.69 Å². The summed E-state index contributed by atoms with van der Waals surface area (Å²) in [6.07, 6.45) is 2.45. The van der Waals surface area contributed by atoms with E-state index in [0.717, 1.165) is 24.6 Å². The zero-order valence-electron chi connectivity index (χ0n) is 12.0. The number of nitrogens with one attached hydrogen (secondary N) is 1. The molecule has 2 aromatic rings. The Kier molecular flexibility index (Phi) is 3.44. The van der Waals surface area contributed by atoms with Crippen molar-refractivity contribution in [2.45, 2.75) is 32.7 Å². The lowest BCUT2D eigenvalue weighted by Gasteiger charge is -2.23. The molecule has 106 valence electrons. The summed E-state index contributed by atoms with van der Waals surface area (Å²) in [6, 6.07) is 8.11. The van der Waals surface area contributed by atoms with Gasteiger partial charge in [-0.1, -0.05) is 17.7 Å². The van der Waals surface area contributed by atoms with E-state index in [4.69, 9.17) is 0 Å². The zero-order chi connectivity index (χ0) is 14.1. The molecule has 1 unspecified atom stereocenters. The first-order valence-corrected chi connectivity index (χ1v) is 7.15. The van der Waals surface area contributed by atoms with Gasteiger partial charge in [-0.2, -0.15) is 5.10 Å². The lowest BCUT2D eigenvalue weighted by atomic mass is 10.2. The number of rotatable bonds is 3. The molecule has 3 rings (SSSR count). The smallest absolute Gasteiger partial charge is 0.294 e. The van der Waals surface area contributed by atoms with Crippen LogP contribution in [0.4, 0.5) is 0 Å². The average Bonchev–Trinajstić information content (AvgIpc) is 3.09. The van der Waals surface area contributed by atoms with Crippen LogP contribution >= 0.6 is 0 Å². The minimum absolute atomic E-state index is 0.151. The summed E-state index contributed by atoms with van der Waals surface area (Å²) in [6.45, 7) is 6.31. The number of benzene rings is 1. The molecule has 0 amide bonds. The molecule has 1 aromatic heterocycles. The predicted molar refractivity (Wildman–Crippen MR) is 78.1 cm³/mol. The molecule has 0 spiro atoms. The highest BCUT2D eigenvalue weighted by atomic mass is 16.1. The third-order valence-electron chi connectivity index (χ3n) is 4.05. The third-order valence-corrected chi connectivity index (χ3v) is 4.05. The zero-order valence-corrected chi connectivity index (χ0v) is 12.0. The number of aromatic nitrogens is 3. The second-order valence-electron chi connectivity index (χ2n) is 5.48. The molecular formula is C15H20N4O. The molecule has 1 aliphatic rings. The van der Waals surface area contributed by atoms with Crippen molar-refractivity contribution >= 4 is 0 Å². The van der Waals surface area contributed by atoms with Crippen LogP contribution in [0.3, 0.4) is 0 Å². The van der Waals surface area contributed by atoms with Crippen molar-refractivity contribution in [2.75, 3.05) is 13.1 Å². The first-order valence-electron chi connectivity index (χ1n) is 7.15. The Morgan fingerprint density at radius 3 is 2.50 bits per heavy atom. The molecular weight excluding hydrogens is 252 g/mol. The number of hydrogen-bond acceptors (Lipinski definition) is 3. The Labute approximate surface area is 118 Å². The SMILES string of the molecule is Cc1ccc(-n2c(C(C)N3CCCC3)n[nH]c2=O)cc1. The predicted octanol–water partition coefficient (Wildman–Crippen LogP) is 2.03. The quantitative estimate of drug-likeness (QED) is 0.930. The third kappa shape index (κ3) is 2.29. The number of likely N-dealkylation sites (tertiary alicyclic amines) is 1. The van der Waals surface area contributed by atoms with Gasteiger partial charge in [0.1, 0.15) is 0 Å². The van der Waals surface area contributed by atoms with Crippen LogP contribution in [0.1, 0.15) is 37.2 Å². The van der Waals surface area contributed by atoms with Gasteiger partial charge in [0.2, 0.25) is 0 Å². The van der Waals surface area contributed by atoms with Crippen molar-refractivity contribution in [1.82, 2.24) is 19.7 Å². The van der Waals surface area contributed by atoms with Crippen LogP contribution in [-0.4, -0.2) is 32.8 Å². The number of nitrogens with zero attached hydrogens (tertiary/aromatic N) is 3. The largest absolute Gasteiger partial charge is 0.347 e. The summed E-state index contributed by atoms with van der Waals surface area (Å²) >= 11 is 0. The number of H-pyrrole nitrogens is 1. The maximum atomic E-state index is 12.1. The fourth-order valence-electron chi connectivity index (χ4n) is 2.82. The van der Waals surface area contributed by atoms with Crippen LogP contribution < -0.4 is 5.69 Å². The highest BCUT2D eigenvalue weighted by Gasteiger charge is 2.24. The normalized spacial score (nSPS) is 17.5. The molecule has 5 nitrogen and oxygen atoms in total. The monoisotopic (exact) mass is 272 g/mol. The Morgan fingerprint density at radius 1 is 1.20 bits per heavy atom. The summed E-state index contributed by atoms with van der Waals surface area (Å²) < 4.78 is 1.68. The van der Waals surface area contributed by atoms with Crippen molar-refractivity contribution in [3.05, 3.63) is 46.1 Å². The second kappa shape index (κ2) is 5.25. The maximum absolute atomic E-state index is 12.1. The van der Waals surface area contributed by atoms with E-state index < -0.39 is 0 Å². The minimum Gasteiger partial charge on any atom is -0.294 e. The van der Waals surface area contributed by atoms with Gasteiger partial charge in [0.05, 0.1) is 11.7 Å². The van der Waals surface area contributed by atoms with Crippen molar-refractivity contribution in [3.8, 4) is 5.69 Å². The molecule has 0 radical (unpaired) electrons. The van der Waals surface area contributed by atoms with Crippen LogP contribution in [0.2, 0.25) is 0 Å². The van der Waals surface area contributed by atoms with Gasteiger partial charge in [-0.15, -0.1) is 0 Å². The lowest BCUT2D eigenvalue weighted by molar-refractivity contribution is 0.251. The number of hydrogen-bond donors (Lipinski definition) is 1. The molecule has 20 heavy (non-hydrogen) atoms. The molecule has 1 saturated heterocycles. The lowest BCUT2D eigenvalue weighted by Crippen LogP contribution is -2.27. The summed E-state index contributed by atoms with van der Waals surface area (Å²) in [4.78, 5) is 14.4. The van der Waals surface area contributed by atoms with E-state index in [2.05, 4.69) is 22.0 Å². The van der Waals surface area contributed by atoms with E-state index in [1.54, 1.807) is 4.57 Å². The Bertz CT molecular complexity index is 635. The van der Waals surface area contributed by atoms with Crippen molar-refractivity contribution < 1.29 is 0 Å². The standard InChI is InChI=1S/C15H20N4O/c1-11-5-7-13(8-6-11)19-14(16-17-15(19)20)12(2)18-9-3-4-10-18/h5-8,12H,3-4,9-10H2,1-2H3,(H,17,20). The molecule has 0 aliphatic carbocycles. The van der Waals surface area contributed by atoms with Gasteiger partial charge in [0.15, 0.2) is 5.82 Å². The molecule has 0 bridgehead atoms. The van der Waals surface area contributed by atoms with Gasteiger partial charge in [0, 0.05) is 0 Å². The molecule has 1 aliphatic heterocycles. The molecule has 1 atom stereocenters. The van der Waals surface area contributed by atoms with E-state index in [0.29, 0.717) is 0 Å². The van der Waals surface area contributed by atoms with Crippen LogP contribution in [0.15, 0.2) is 29.1 Å². The molecule has 0 saturated carbocycles. The Balaban J connectivity index is 2.00. The first kappa shape index (κ1) is 13.1. The highest BCUT2D eigenvalue weighted by Crippen LogP contribution is 2.23. The molecule has 5 heteroatoms. The average molecular weight is 272 g/mol. The van der Waals surface area contributed by atoms with Crippen LogP contribution in [0, 0.1) is 6.92 Å². The van der Waals surface area contributed by atoms with Crippen LogP contribution in [-0.2, 0) is 0 Å². The van der Waals surface area contributed by atoms with E-state index in [9.17, 15) is 4.79 Å². The topological polar surface area (TPSA) is 53.9 Å². The molecule has 1 fully saturated rings. The highest BCUT2D eigenvalue weighted by molar-refractivity contribution is 5.35. The van der Waals surface area contributed by atoms with Gasteiger partial charge in [-0.05, 0) is 51.9 Å². The van der Waals surface area contributed by atoms with Gasteiger partial charge in [-0.3, -0.25) is 4.90 Å². The second-order valence-corrected chi connectivity index (χ2v) is 5.48. The summed E-state index contributed by atoms with van der Waals surface area (Å²) in [5.74, 6) is 0.792. The first-order chi connectivity index (χ1) is 9.66. The Hall–Kier alpha value is -1.88. The summed E-state index contributed by atoms with van der Waals surface area (Å²) in [7, 11) is 0.